The van der Waals surface area contributed by atoms with Crippen molar-refractivity contribution in [2.45, 2.75) is 0 Å². The molecule has 0 atom stereocenters. The lowest BCUT2D eigenvalue weighted by Crippen LogP contribution is -2.44. The van der Waals surface area contributed by atoms with Gasteiger partial charge < -0.3 is 20.4 Å². The summed E-state index contributed by atoms with van der Waals surface area (Å²) in [5.41, 5.74) is 2.22. The summed E-state index contributed by atoms with van der Waals surface area (Å²) in [6.07, 6.45) is 1.76. The van der Waals surface area contributed by atoms with E-state index in [0.717, 1.165) is 53.7 Å². The van der Waals surface area contributed by atoms with Crippen LogP contribution in [0, 0.1) is 0 Å². The van der Waals surface area contributed by atoms with Crippen molar-refractivity contribution in [3.05, 3.63) is 60.1 Å². The molecular weight excluding hydrogens is 394 g/mol. The summed E-state index contributed by atoms with van der Waals surface area (Å²) in [6, 6.07) is 16.3. The average Bonchev–Trinajstić information content (AvgIpc) is 3.25. The number of benzene rings is 1. The predicted molar refractivity (Wildman–Crippen MR) is 124 cm³/mol. The quantitative estimate of drug-likeness (QED) is 0.501. The summed E-state index contributed by atoms with van der Waals surface area (Å²) < 4.78 is 0. The van der Waals surface area contributed by atoms with Gasteiger partial charge in [-0.3, -0.25) is 0 Å². The molecule has 7 nitrogen and oxygen atoms in total. The zero-order valence-corrected chi connectivity index (χ0v) is 17.6. The van der Waals surface area contributed by atoms with Gasteiger partial charge in [-0.1, -0.05) is 6.07 Å². The highest BCUT2D eigenvalue weighted by Crippen LogP contribution is 2.29. The Hall–Kier alpha value is -3.23. The molecule has 8 heteroatoms. The maximum Gasteiger partial charge on any atom is 0.230 e. The summed E-state index contributed by atoms with van der Waals surface area (Å²) in [5.74, 6) is 2.07. The molecular formula is C22H23N7S. The van der Waals surface area contributed by atoms with Crippen LogP contribution in [0.3, 0.4) is 0 Å². The van der Waals surface area contributed by atoms with Crippen molar-refractivity contribution in [2.75, 3.05) is 48.8 Å². The lowest BCUT2D eigenvalue weighted by molar-refractivity contribution is 0.313. The normalized spacial score (nSPS) is 14.8. The van der Waals surface area contributed by atoms with Gasteiger partial charge in [0.15, 0.2) is 0 Å². The number of likely N-dealkylation sites (N-methyl/N-ethyl adjacent to an activating group) is 1. The van der Waals surface area contributed by atoms with Crippen LogP contribution >= 0.6 is 11.3 Å². The minimum absolute atomic E-state index is 0.565. The van der Waals surface area contributed by atoms with Crippen molar-refractivity contribution in [1.82, 2.24) is 19.9 Å². The van der Waals surface area contributed by atoms with Gasteiger partial charge in [-0.2, -0.15) is 4.98 Å². The molecule has 0 bridgehead atoms. The number of thiophene rings is 1. The Morgan fingerprint density at radius 3 is 2.50 bits per heavy atom. The maximum atomic E-state index is 4.70. The lowest BCUT2D eigenvalue weighted by atomic mass is 10.2. The van der Waals surface area contributed by atoms with E-state index in [-0.39, 0.29) is 0 Å². The monoisotopic (exact) mass is 417 g/mol. The number of aromatic nitrogens is 3. The molecule has 4 heterocycles. The van der Waals surface area contributed by atoms with E-state index in [2.05, 4.69) is 61.7 Å². The molecule has 3 aromatic heterocycles. The summed E-state index contributed by atoms with van der Waals surface area (Å²) in [5, 5.41) is 9.67. The minimum Gasteiger partial charge on any atom is -0.369 e. The SMILES string of the molecule is CN1CCN(c2ccc(Nc3nc(Nc4ccccn4)c4ccsc4n3)cc2)CC1. The van der Waals surface area contributed by atoms with E-state index >= 15 is 0 Å². The van der Waals surface area contributed by atoms with E-state index in [1.54, 1.807) is 17.5 Å². The smallest absolute Gasteiger partial charge is 0.230 e. The first-order valence-corrected chi connectivity index (χ1v) is 10.9. The Balaban J connectivity index is 1.36. The van der Waals surface area contributed by atoms with Crippen molar-refractivity contribution in [3.63, 3.8) is 0 Å². The van der Waals surface area contributed by atoms with E-state index in [0.29, 0.717) is 5.95 Å². The van der Waals surface area contributed by atoms with Crippen molar-refractivity contribution >= 4 is 50.5 Å². The molecule has 0 spiro atoms. The zero-order valence-electron chi connectivity index (χ0n) is 16.7. The number of anilines is 5. The van der Waals surface area contributed by atoms with Crippen molar-refractivity contribution < 1.29 is 0 Å². The van der Waals surface area contributed by atoms with E-state index < -0.39 is 0 Å². The van der Waals surface area contributed by atoms with E-state index in [1.807, 2.05) is 29.6 Å². The van der Waals surface area contributed by atoms with Crippen LogP contribution in [0.25, 0.3) is 10.2 Å². The highest BCUT2D eigenvalue weighted by atomic mass is 32.1. The molecule has 5 rings (SSSR count). The predicted octanol–water partition coefficient (Wildman–Crippen LogP) is 4.33. The third-order valence-corrected chi connectivity index (χ3v) is 6.03. The third kappa shape index (κ3) is 4.05. The second kappa shape index (κ2) is 8.25. The van der Waals surface area contributed by atoms with Crippen molar-refractivity contribution in [1.29, 1.82) is 0 Å². The molecule has 1 aliphatic rings. The van der Waals surface area contributed by atoms with E-state index in [1.165, 1.54) is 5.69 Å². The van der Waals surface area contributed by atoms with Crippen molar-refractivity contribution in [3.8, 4) is 0 Å². The summed E-state index contributed by atoms with van der Waals surface area (Å²) in [4.78, 5) is 19.4. The second-order valence-corrected chi connectivity index (χ2v) is 8.23. The standard InChI is InChI=1S/C22H23N7S/c1-28-11-13-29(14-12-28)17-7-5-16(6-8-17)24-22-26-20(18-9-15-30-21(18)27-22)25-19-4-2-3-10-23-19/h2-10,15H,11-14H2,1H3,(H2,23,24,25,26,27). The fourth-order valence-electron chi connectivity index (χ4n) is 3.51. The largest absolute Gasteiger partial charge is 0.369 e. The van der Waals surface area contributed by atoms with Gasteiger partial charge in [0, 0.05) is 43.8 Å². The topological polar surface area (TPSA) is 69.2 Å². The van der Waals surface area contributed by atoms with Crippen LogP contribution in [-0.2, 0) is 0 Å². The van der Waals surface area contributed by atoms with Crippen LogP contribution in [-0.4, -0.2) is 53.1 Å². The van der Waals surface area contributed by atoms with Gasteiger partial charge in [0.2, 0.25) is 5.95 Å². The molecule has 4 aromatic rings. The van der Waals surface area contributed by atoms with Crippen molar-refractivity contribution in [2.24, 2.45) is 0 Å². The summed E-state index contributed by atoms with van der Waals surface area (Å²) in [7, 11) is 2.17. The Kier molecular flexibility index (Phi) is 5.17. The first-order chi connectivity index (χ1) is 14.7. The number of nitrogens with one attached hydrogen (secondary N) is 2. The minimum atomic E-state index is 0.565. The molecule has 0 aliphatic carbocycles. The molecule has 1 aliphatic heterocycles. The molecule has 1 aromatic carbocycles. The first kappa shape index (κ1) is 18.8. The Morgan fingerprint density at radius 1 is 0.900 bits per heavy atom. The number of piperazine rings is 1. The van der Waals surface area contributed by atoms with Crippen LogP contribution < -0.4 is 15.5 Å². The Morgan fingerprint density at radius 2 is 1.73 bits per heavy atom. The number of fused-ring (bicyclic) bond motifs is 1. The van der Waals surface area contributed by atoms with Gasteiger partial charge in [-0.05, 0) is 54.9 Å². The molecule has 1 saturated heterocycles. The van der Waals surface area contributed by atoms with E-state index in [9.17, 15) is 0 Å². The van der Waals surface area contributed by atoms with Gasteiger partial charge in [0.05, 0.1) is 5.39 Å². The number of rotatable bonds is 5. The number of nitrogens with zero attached hydrogens (tertiary/aromatic N) is 5. The van der Waals surface area contributed by atoms with Crippen LogP contribution in [0.15, 0.2) is 60.1 Å². The molecule has 152 valence electrons. The molecule has 1 fully saturated rings. The highest BCUT2D eigenvalue weighted by Gasteiger charge is 2.14. The molecule has 0 amide bonds. The number of hydrogen-bond acceptors (Lipinski definition) is 8. The summed E-state index contributed by atoms with van der Waals surface area (Å²) in [6.45, 7) is 4.31. The van der Waals surface area contributed by atoms with Crippen LogP contribution in [0.1, 0.15) is 0 Å². The van der Waals surface area contributed by atoms with Crippen LogP contribution in [0.2, 0.25) is 0 Å². The Labute approximate surface area is 179 Å². The molecule has 0 unspecified atom stereocenters. The highest BCUT2D eigenvalue weighted by molar-refractivity contribution is 7.16. The molecule has 0 saturated carbocycles. The van der Waals surface area contributed by atoms with Gasteiger partial charge in [0.25, 0.3) is 0 Å². The number of pyridine rings is 1. The number of hydrogen-bond donors (Lipinski definition) is 2. The third-order valence-electron chi connectivity index (χ3n) is 5.23. The zero-order chi connectivity index (χ0) is 20.3. The first-order valence-electron chi connectivity index (χ1n) is 9.98. The fraction of sp³-hybridized carbons (Fsp3) is 0.227. The molecule has 30 heavy (non-hydrogen) atoms. The Bertz CT molecular complexity index is 1120. The summed E-state index contributed by atoms with van der Waals surface area (Å²) >= 11 is 1.60. The lowest BCUT2D eigenvalue weighted by Gasteiger charge is -2.34. The van der Waals surface area contributed by atoms with Gasteiger partial charge in [0.1, 0.15) is 16.5 Å². The fourth-order valence-corrected chi connectivity index (χ4v) is 4.28. The average molecular weight is 418 g/mol. The molecule has 2 N–H and O–H groups in total. The van der Waals surface area contributed by atoms with Crippen LogP contribution in [0.5, 0.6) is 0 Å². The van der Waals surface area contributed by atoms with Gasteiger partial charge in [-0.15, -0.1) is 11.3 Å². The van der Waals surface area contributed by atoms with Gasteiger partial charge in [-0.25, -0.2) is 9.97 Å². The molecule has 0 radical (unpaired) electrons. The second-order valence-electron chi connectivity index (χ2n) is 7.34. The van der Waals surface area contributed by atoms with E-state index in [4.69, 9.17) is 4.98 Å². The van der Waals surface area contributed by atoms with Crippen LogP contribution in [0.4, 0.5) is 29.0 Å². The van der Waals surface area contributed by atoms with Gasteiger partial charge >= 0.3 is 0 Å². The maximum absolute atomic E-state index is 4.70.